The summed E-state index contributed by atoms with van der Waals surface area (Å²) in [5.41, 5.74) is 3.58. The lowest BCUT2D eigenvalue weighted by Gasteiger charge is -2.15. The lowest BCUT2D eigenvalue weighted by atomic mass is 10.1. The van der Waals surface area contributed by atoms with Gasteiger partial charge in [-0.15, -0.1) is 0 Å². The molecule has 0 unspecified atom stereocenters. The molecule has 0 bridgehead atoms. The van der Waals surface area contributed by atoms with Crippen molar-refractivity contribution in [3.8, 4) is 17.2 Å². The fourth-order valence-corrected chi connectivity index (χ4v) is 2.36. The van der Waals surface area contributed by atoms with Gasteiger partial charge in [-0.1, -0.05) is 0 Å². The highest BCUT2D eigenvalue weighted by atomic mass is 16.5. The average Bonchev–Trinajstić information content (AvgIpc) is 2.77. The number of ether oxygens (including phenoxy) is 3. The molecule has 0 aliphatic heterocycles. The molecule has 0 fully saturated rings. The highest BCUT2D eigenvalue weighted by Crippen LogP contribution is 2.38. The molecule has 1 heterocycles. The van der Waals surface area contributed by atoms with Crippen LogP contribution >= 0.6 is 0 Å². The Labute approximate surface area is 119 Å². The second-order valence-corrected chi connectivity index (χ2v) is 4.74. The van der Waals surface area contributed by atoms with Gasteiger partial charge in [0.05, 0.1) is 21.3 Å². The van der Waals surface area contributed by atoms with E-state index in [-0.39, 0.29) is 0 Å². The Hall–Kier alpha value is -2.10. The average molecular weight is 275 g/mol. The fraction of sp³-hybridized carbons (Fsp3) is 0.375. The Balaban J connectivity index is 2.42. The summed E-state index contributed by atoms with van der Waals surface area (Å²) in [7, 11) is 4.88. The topological polar surface area (TPSA) is 32.6 Å². The number of hydrogen-bond acceptors (Lipinski definition) is 3. The van der Waals surface area contributed by atoms with Crippen molar-refractivity contribution < 1.29 is 14.2 Å². The van der Waals surface area contributed by atoms with E-state index in [0.29, 0.717) is 17.2 Å². The molecule has 4 heteroatoms. The van der Waals surface area contributed by atoms with Gasteiger partial charge in [0, 0.05) is 17.9 Å². The molecule has 0 aliphatic rings. The van der Waals surface area contributed by atoms with Crippen molar-refractivity contribution in [3.63, 3.8) is 0 Å². The SMILES string of the molecule is COc1cc(Cn2c(C)ccc2C)cc(OC)c1OC. The zero-order valence-corrected chi connectivity index (χ0v) is 12.7. The van der Waals surface area contributed by atoms with Crippen LogP contribution in [-0.4, -0.2) is 25.9 Å². The van der Waals surface area contributed by atoms with Crippen molar-refractivity contribution in [1.82, 2.24) is 4.57 Å². The maximum Gasteiger partial charge on any atom is 0.203 e. The van der Waals surface area contributed by atoms with Crippen LogP contribution in [0, 0.1) is 13.8 Å². The molecule has 20 heavy (non-hydrogen) atoms. The smallest absolute Gasteiger partial charge is 0.203 e. The van der Waals surface area contributed by atoms with Gasteiger partial charge >= 0.3 is 0 Å². The normalized spacial score (nSPS) is 10.4. The third-order valence-corrected chi connectivity index (χ3v) is 3.48. The van der Waals surface area contributed by atoms with Crippen LogP contribution in [0.3, 0.4) is 0 Å². The Bertz CT molecular complexity index is 557. The maximum absolute atomic E-state index is 5.38. The summed E-state index contributed by atoms with van der Waals surface area (Å²) in [5.74, 6) is 1.99. The monoisotopic (exact) mass is 275 g/mol. The van der Waals surface area contributed by atoms with E-state index in [4.69, 9.17) is 14.2 Å². The number of benzene rings is 1. The fourth-order valence-electron chi connectivity index (χ4n) is 2.36. The minimum atomic E-state index is 0.625. The Morgan fingerprint density at radius 1 is 0.850 bits per heavy atom. The molecule has 2 rings (SSSR count). The van der Waals surface area contributed by atoms with E-state index >= 15 is 0 Å². The Morgan fingerprint density at radius 3 is 1.75 bits per heavy atom. The first-order chi connectivity index (χ1) is 9.60. The molecule has 1 aromatic heterocycles. The molecule has 0 atom stereocenters. The van der Waals surface area contributed by atoms with E-state index < -0.39 is 0 Å². The summed E-state index contributed by atoms with van der Waals surface area (Å²) in [6.45, 7) is 4.98. The van der Waals surface area contributed by atoms with Crippen LogP contribution in [0.2, 0.25) is 0 Å². The highest BCUT2D eigenvalue weighted by molar-refractivity contribution is 5.54. The van der Waals surface area contributed by atoms with Crippen LogP contribution in [0.1, 0.15) is 17.0 Å². The molecule has 0 saturated carbocycles. The molecule has 0 spiro atoms. The number of methoxy groups -OCH3 is 3. The first-order valence-electron chi connectivity index (χ1n) is 6.52. The van der Waals surface area contributed by atoms with E-state index in [2.05, 4.69) is 30.5 Å². The van der Waals surface area contributed by atoms with Crippen molar-refractivity contribution in [2.75, 3.05) is 21.3 Å². The predicted molar refractivity (Wildman–Crippen MR) is 79.1 cm³/mol. The van der Waals surface area contributed by atoms with Gasteiger partial charge in [0.15, 0.2) is 11.5 Å². The van der Waals surface area contributed by atoms with Gasteiger partial charge in [-0.2, -0.15) is 0 Å². The second kappa shape index (κ2) is 5.90. The van der Waals surface area contributed by atoms with E-state index in [9.17, 15) is 0 Å². The van der Waals surface area contributed by atoms with Crippen molar-refractivity contribution in [1.29, 1.82) is 0 Å². The van der Waals surface area contributed by atoms with E-state index in [0.717, 1.165) is 12.1 Å². The summed E-state index contributed by atoms with van der Waals surface area (Å²) in [6, 6.07) is 8.21. The number of nitrogens with zero attached hydrogens (tertiary/aromatic N) is 1. The Kier molecular flexibility index (Phi) is 4.23. The van der Waals surface area contributed by atoms with Crippen molar-refractivity contribution in [3.05, 3.63) is 41.2 Å². The van der Waals surface area contributed by atoms with Crippen molar-refractivity contribution >= 4 is 0 Å². The quantitative estimate of drug-likeness (QED) is 0.840. The second-order valence-electron chi connectivity index (χ2n) is 4.74. The summed E-state index contributed by atoms with van der Waals surface area (Å²) < 4.78 is 18.4. The van der Waals surface area contributed by atoms with Crippen LogP contribution in [0.5, 0.6) is 17.2 Å². The summed E-state index contributed by atoms with van der Waals surface area (Å²) in [4.78, 5) is 0. The Morgan fingerprint density at radius 2 is 1.35 bits per heavy atom. The van der Waals surface area contributed by atoms with E-state index in [1.165, 1.54) is 11.4 Å². The highest BCUT2D eigenvalue weighted by Gasteiger charge is 2.14. The van der Waals surface area contributed by atoms with Crippen LogP contribution in [-0.2, 0) is 6.54 Å². The largest absolute Gasteiger partial charge is 0.493 e. The first kappa shape index (κ1) is 14.3. The number of hydrogen-bond donors (Lipinski definition) is 0. The number of aromatic nitrogens is 1. The summed E-state index contributed by atoms with van der Waals surface area (Å²) in [6.07, 6.45) is 0. The van der Waals surface area contributed by atoms with Crippen LogP contribution in [0.25, 0.3) is 0 Å². The first-order valence-corrected chi connectivity index (χ1v) is 6.52. The third kappa shape index (κ3) is 2.59. The minimum absolute atomic E-state index is 0.625. The van der Waals surface area contributed by atoms with Gasteiger partial charge in [-0.25, -0.2) is 0 Å². The van der Waals surface area contributed by atoms with Gasteiger partial charge < -0.3 is 18.8 Å². The lowest BCUT2D eigenvalue weighted by molar-refractivity contribution is 0.323. The predicted octanol–water partition coefficient (Wildman–Crippen LogP) is 3.18. The minimum Gasteiger partial charge on any atom is -0.493 e. The molecule has 4 nitrogen and oxygen atoms in total. The molecule has 2 aromatic rings. The van der Waals surface area contributed by atoms with E-state index in [1.54, 1.807) is 21.3 Å². The zero-order valence-electron chi connectivity index (χ0n) is 12.7. The van der Waals surface area contributed by atoms with Crippen LogP contribution < -0.4 is 14.2 Å². The third-order valence-electron chi connectivity index (χ3n) is 3.48. The van der Waals surface area contributed by atoms with Gasteiger partial charge in [-0.05, 0) is 43.7 Å². The van der Waals surface area contributed by atoms with Gasteiger partial charge in [0.25, 0.3) is 0 Å². The molecule has 1 aromatic carbocycles. The zero-order chi connectivity index (χ0) is 14.7. The van der Waals surface area contributed by atoms with Crippen molar-refractivity contribution in [2.45, 2.75) is 20.4 Å². The maximum atomic E-state index is 5.38. The standard InChI is InChI=1S/C16H21NO3/c1-11-6-7-12(2)17(11)10-13-8-14(18-3)16(20-5)15(9-13)19-4/h6-9H,10H2,1-5H3. The van der Waals surface area contributed by atoms with Gasteiger partial charge in [0.2, 0.25) is 5.75 Å². The molecular formula is C16H21NO3. The van der Waals surface area contributed by atoms with E-state index in [1.807, 2.05) is 12.1 Å². The van der Waals surface area contributed by atoms with Crippen molar-refractivity contribution in [2.24, 2.45) is 0 Å². The van der Waals surface area contributed by atoms with Gasteiger partial charge in [-0.3, -0.25) is 0 Å². The van der Waals surface area contributed by atoms with Gasteiger partial charge in [0.1, 0.15) is 0 Å². The molecule has 0 N–H and O–H groups in total. The number of aryl methyl sites for hydroxylation is 2. The molecule has 0 radical (unpaired) electrons. The number of rotatable bonds is 5. The molecule has 108 valence electrons. The molecular weight excluding hydrogens is 254 g/mol. The summed E-state index contributed by atoms with van der Waals surface area (Å²) >= 11 is 0. The lowest BCUT2D eigenvalue weighted by Crippen LogP contribution is -2.05. The van der Waals surface area contributed by atoms with Crippen LogP contribution in [0.15, 0.2) is 24.3 Å². The van der Waals surface area contributed by atoms with Crippen LogP contribution in [0.4, 0.5) is 0 Å². The summed E-state index contributed by atoms with van der Waals surface area (Å²) in [5, 5.41) is 0. The molecule has 0 amide bonds. The molecule has 0 aliphatic carbocycles. The molecule has 0 saturated heterocycles.